The van der Waals surface area contributed by atoms with E-state index in [1.54, 1.807) is 20.9 Å². The Labute approximate surface area is 107 Å². The third-order valence-electron chi connectivity index (χ3n) is 3.27. The number of imidazole rings is 1. The summed E-state index contributed by atoms with van der Waals surface area (Å²) in [5, 5.41) is 0. The number of alkyl halides is 3. The zero-order chi connectivity index (χ0) is 14.4. The molecule has 1 heterocycles. The first-order valence-corrected chi connectivity index (χ1v) is 5.66. The molecule has 3 nitrogen and oxygen atoms in total. The van der Waals surface area contributed by atoms with Gasteiger partial charge in [0.1, 0.15) is 0 Å². The molecule has 0 aliphatic carbocycles. The molecule has 2 aromatic rings. The lowest BCUT2D eigenvalue weighted by atomic mass is 10.2. The van der Waals surface area contributed by atoms with Gasteiger partial charge in [-0.25, -0.2) is 4.79 Å². The Morgan fingerprint density at radius 3 is 2.21 bits per heavy atom. The van der Waals surface area contributed by atoms with Gasteiger partial charge in [-0.1, -0.05) is 6.07 Å². The minimum atomic E-state index is -4.42. The van der Waals surface area contributed by atoms with Crippen molar-refractivity contribution in [1.29, 1.82) is 0 Å². The lowest BCUT2D eigenvalue weighted by Crippen LogP contribution is -2.22. The highest BCUT2D eigenvalue weighted by Gasteiger charge is 2.30. The molecule has 0 aliphatic rings. The highest BCUT2D eigenvalue weighted by Crippen LogP contribution is 2.30. The fourth-order valence-corrected chi connectivity index (χ4v) is 1.97. The standard InChI is InChI=1S/C13H13F3N2O/c1-8-9(2)18(12(19)17(8)3)11-6-4-5-10(7-11)13(14,15)16/h4-7H,1-3H3. The predicted octanol–water partition coefficient (Wildman–Crippen LogP) is 2.81. The monoisotopic (exact) mass is 270 g/mol. The quantitative estimate of drug-likeness (QED) is 0.782. The summed E-state index contributed by atoms with van der Waals surface area (Å²) in [5.41, 5.74) is 0.461. The average molecular weight is 270 g/mol. The van der Waals surface area contributed by atoms with Crippen LogP contribution in [0.5, 0.6) is 0 Å². The summed E-state index contributed by atoms with van der Waals surface area (Å²) in [4.78, 5) is 12.0. The summed E-state index contributed by atoms with van der Waals surface area (Å²) in [6.45, 7) is 3.46. The Kier molecular flexibility index (Phi) is 3.04. The van der Waals surface area contributed by atoms with E-state index in [2.05, 4.69) is 0 Å². The van der Waals surface area contributed by atoms with Crippen LogP contribution in [-0.4, -0.2) is 9.13 Å². The molecule has 0 unspecified atom stereocenters. The van der Waals surface area contributed by atoms with Gasteiger partial charge < -0.3 is 0 Å². The molecule has 102 valence electrons. The molecule has 0 saturated heterocycles. The maximum atomic E-state index is 12.7. The van der Waals surface area contributed by atoms with Crippen molar-refractivity contribution < 1.29 is 13.2 Å². The van der Waals surface area contributed by atoms with Crippen molar-refractivity contribution in [1.82, 2.24) is 9.13 Å². The molecule has 0 radical (unpaired) electrons. The molecule has 0 spiro atoms. The van der Waals surface area contributed by atoms with E-state index in [4.69, 9.17) is 0 Å². The molecule has 0 aliphatic heterocycles. The summed E-state index contributed by atoms with van der Waals surface area (Å²) in [5.74, 6) is 0. The summed E-state index contributed by atoms with van der Waals surface area (Å²) in [6, 6.07) is 4.75. The second-order valence-electron chi connectivity index (χ2n) is 4.40. The third kappa shape index (κ3) is 2.18. The molecule has 0 N–H and O–H groups in total. The van der Waals surface area contributed by atoms with Crippen LogP contribution < -0.4 is 5.69 Å². The topological polar surface area (TPSA) is 26.9 Å². The zero-order valence-corrected chi connectivity index (χ0v) is 10.7. The number of aromatic nitrogens is 2. The number of hydrogen-bond donors (Lipinski definition) is 0. The van der Waals surface area contributed by atoms with Crippen molar-refractivity contribution in [2.75, 3.05) is 0 Å². The highest BCUT2D eigenvalue weighted by molar-refractivity contribution is 5.39. The fraction of sp³-hybridized carbons (Fsp3) is 0.308. The number of hydrogen-bond acceptors (Lipinski definition) is 1. The molecule has 6 heteroatoms. The first-order valence-electron chi connectivity index (χ1n) is 5.66. The lowest BCUT2D eigenvalue weighted by molar-refractivity contribution is -0.137. The molecule has 1 aromatic heterocycles. The molecule has 0 saturated carbocycles. The SMILES string of the molecule is Cc1c(C)n(-c2cccc(C(F)(F)F)c2)c(=O)n1C. The van der Waals surface area contributed by atoms with Gasteiger partial charge >= 0.3 is 11.9 Å². The van der Waals surface area contributed by atoms with Crippen LogP contribution in [0.3, 0.4) is 0 Å². The van der Waals surface area contributed by atoms with Crippen LogP contribution in [0.25, 0.3) is 5.69 Å². The van der Waals surface area contributed by atoms with Crippen LogP contribution in [0.4, 0.5) is 13.2 Å². The Bertz CT molecular complexity index is 680. The van der Waals surface area contributed by atoms with E-state index in [0.717, 1.165) is 17.8 Å². The minimum absolute atomic E-state index is 0.223. The van der Waals surface area contributed by atoms with Crippen molar-refractivity contribution in [3.05, 3.63) is 51.7 Å². The largest absolute Gasteiger partial charge is 0.416 e. The fourth-order valence-electron chi connectivity index (χ4n) is 1.97. The van der Waals surface area contributed by atoms with Crippen LogP contribution >= 0.6 is 0 Å². The second-order valence-corrected chi connectivity index (χ2v) is 4.40. The van der Waals surface area contributed by atoms with Gasteiger partial charge in [0, 0.05) is 18.4 Å². The second kappa shape index (κ2) is 4.29. The number of benzene rings is 1. The van der Waals surface area contributed by atoms with Crippen molar-refractivity contribution in [2.24, 2.45) is 7.05 Å². The third-order valence-corrected chi connectivity index (χ3v) is 3.27. The Morgan fingerprint density at radius 1 is 1.11 bits per heavy atom. The zero-order valence-electron chi connectivity index (χ0n) is 10.7. The van der Waals surface area contributed by atoms with Crippen molar-refractivity contribution >= 4 is 0 Å². The van der Waals surface area contributed by atoms with E-state index in [-0.39, 0.29) is 11.4 Å². The Balaban J connectivity index is 2.68. The number of halogens is 3. The van der Waals surface area contributed by atoms with Gasteiger partial charge in [0.25, 0.3) is 0 Å². The molecule has 1 aromatic carbocycles. The molecule has 0 atom stereocenters. The molecule has 0 bridgehead atoms. The van der Waals surface area contributed by atoms with Crippen molar-refractivity contribution in [3.63, 3.8) is 0 Å². The van der Waals surface area contributed by atoms with Crippen LogP contribution in [0.2, 0.25) is 0 Å². The van der Waals surface area contributed by atoms with Crippen LogP contribution in [0.15, 0.2) is 29.1 Å². The van der Waals surface area contributed by atoms with Gasteiger partial charge in [0.05, 0.1) is 11.3 Å². The minimum Gasteiger partial charge on any atom is -0.299 e. The normalized spacial score (nSPS) is 11.9. The highest BCUT2D eigenvalue weighted by atomic mass is 19.4. The summed E-state index contributed by atoms with van der Waals surface area (Å²) < 4.78 is 40.7. The maximum Gasteiger partial charge on any atom is 0.416 e. The van der Waals surface area contributed by atoms with E-state index in [0.29, 0.717) is 5.69 Å². The molecule has 19 heavy (non-hydrogen) atoms. The number of rotatable bonds is 1. The smallest absolute Gasteiger partial charge is 0.299 e. The van der Waals surface area contributed by atoms with Crippen LogP contribution in [0, 0.1) is 13.8 Å². The van der Waals surface area contributed by atoms with Gasteiger partial charge in [0.2, 0.25) is 0 Å². The Morgan fingerprint density at radius 2 is 1.74 bits per heavy atom. The predicted molar refractivity (Wildman–Crippen MR) is 65.5 cm³/mol. The van der Waals surface area contributed by atoms with E-state index in [1.165, 1.54) is 21.3 Å². The van der Waals surface area contributed by atoms with E-state index < -0.39 is 11.7 Å². The maximum absolute atomic E-state index is 12.7. The van der Waals surface area contributed by atoms with Crippen LogP contribution in [0.1, 0.15) is 17.0 Å². The summed E-state index contributed by atoms with van der Waals surface area (Å²) in [7, 11) is 1.59. The van der Waals surface area contributed by atoms with Gasteiger partial charge in [-0.05, 0) is 32.0 Å². The number of nitrogens with zero attached hydrogens (tertiary/aromatic N) is 2. The summed E-state index contributed by atoms with van der Waals surface area (Å²) >= 11 is 0. The molecule has 2 rings (SSSR count). The van der Waals surface area contributed by atoms with Crippen molar-refractivity contribution in [3.8, 4) is 5.69 Å². The van der Waals surface area contributed by atoms with Gasteiger partial charge in [-0.15, -0.1) is 0 Å². The molecular formula is C13H13F3N2O. The Hall–Kier alpha value is -1.98. The van der Waals surface area contributed by atoms with Gasteiger partial charge in [-0.3, -0.25) is 9.13 Å². The average Bonchev–Trinajstić information content (AvgIpc) is 2.53. The van der Waals surface area contributed by atoms with E-state index >= 15 is 0 Å². The molecule has 0 fully saturated rings. The molecule has 0 amide bonds. The lowest BCUT2D eigenvalue weighted by Gasteiger charge is -2.09. The van der Waals surface area contributed by atoms with Crippen molar-refractivity contribution in [2.45, 2.75) is 20.0 Å². The van der Waals surface area contributed by atoms with E-state index in [9.17, 15) is 18.0 Å². The van der Waals surface area contributed by atoms with Gasteiger partial charge in [0.15, 0.2) is 0 Å². The summed E-state index contributed by atoms with van der Waals surface area (Å²) in [6.07, 6.45) is -4.42. The molecular weight excluding hydrogens is 257 g/mol. The first-order chi connectivity index (χ1) is 8.73. The van der Waals surface area contributed by atoms with Crippen LogP contribution in [-0.2, 0) is 13.2 Å². The van der Waals surface area contributed by atoms with Gasteiger partial charge in [-0.2, -0.15) is 13.2 Å². The first kappa shape index (κ1) is 13.5. The van der Waals surface area contributed by atoms with E-state index in [1.807, 2.05) is 0 Å².